The number of hydrogen-bond donors (Lipinski definition) is 5. The summed E-state index contributed by atoms with van der Waals surface area (Å²) in [6, 6.07) is 50.7. The van der Waals surface area contributed by atoms with E-state index in [0.717, 1.165) is 26.8 Å². The Morgan fingerprint density at radius 3 is 1.08 bits per heavy atom. The van der Waals surface area contributed by atoms with Crippen LogP contribution in [0, 0.1) is 20.8 Å². The van der Waals surface area contributed by atoms with E-state index >= 15 is 0 Å². The fourth-order valence-electron chi connectivity index (χ4n) is 9.08. The molecule has 0 bridgehead atoms. The number of aromatic hydroxyl groups is 2. The molecule has 0 radical (unpaired) electrons. The van der Waals surface area contributed by atoms with Crippen molar-refractivity contribution in [2.45, 2.75) is 72.4 Å². The van der Waals surface area contributed by atoms with Crippen LogP contribution in [0.5, 0.6) is 34.5 Å². The predicted octanol–water partition coefficient (Wildman–Crippen LogP) is 10.4. The summed E-state index contributed by atoms with van der Waals surface area (Å²) in [4.78, 5) is 34.3. The maximum absolute atomic E-state index is 13.0. The SMILES string of the molecule is COc1cc(C)c(C(=O)O)c(OC)c1.Cc1cc(O)cc(O)c1C(=O)O.Cc1cc(O[Si](c2ccccc2)(c2ccccc2)C(C)(C)C)cc(O[Si](c2ccccc2)(c2ccccc2)C(C)(C)C)c1C(=O)O. The molecule has 0 saturated carbocycles. The van der Waals surface area contributed by atoms with E-state index in [2.05, 4.69) is 114 Å². The van der Waals surface area contributed by atoms with Gasteiger partial charge in [-0.2, -0.15) is 0 Å². The number of methoxy groups -OCH3 is 2. The number of aromatic carboxylic acids is 3. The van der Waals surface area contributed by atoms with E-state index in [1.807, 2.05) is 67.6 Å². The van der Waals surface area contributed by atoms with Crippen molar-refractivity contribution in [3.05, 3.63) is 191 Å². The van der Waals surface area contributed by atoms with Gasteiger partial charge in [-0.3, -0.25) is 0 Å². The van der Waals surface area contributed by atoms with Gasteiger partial charge in [0.05, 0.1) is 14.2 Å². The average molecular weight is 1010 g/mol. The van der Waals surface area contributed by atoms with E-state index in [-0.39, 0.29) is 32.5 Å². The van der Waals surface area contributed by atoms with Crippen LogP contribution in [-0.2, 0) is 0 Å². The molecular weight excluding hydrogens is 945 g/mol. The highest BCUT2D eigenvalue weighted by molar-refractivity contribution is 7.00. The van der Waals surface area contributed by atoms with Crippen molar-refractivity contribution >= 4 is 55.3 Å². The molecule has 0 unspecified atom stereocenters. The largest absolute Gasteiger partial charge is 0.534 e. The van der Waals surface area contributed by atoms with Crippen LogP contribution in [0.4, 0.5) is 0 Å². The van der Waals surface area contributed by atoms with Crippen molar-refractivity contribution in [1.29, 1.82) is 0 Å². The van der Waals surface area contributed by atoms with Crippen molar-refractivity contribution in [3.8, 4) is 34.5 Å². The molecule has 7 aromatic rings. The lowest BCUT2D eigenvalue weighted by Crippen LogP contribution is -2.69. The number of benzene rings is 7. The number of phenols is 2. The van der Waals surface area contributed by atoms with Gasteiger partial charge in [-0.15, -0.1) is 0 Å². The van der Waals surface area contributed by atoms with Crippen LogP contribution >= 0.6 is 0 Å². The zero-order chi connectivity index (χ0) is 53.2. The summed E-state index contributed by atoms with van der Waals surface area (Å²) in [6.07, 6.45) is 0. The van der Waals surface area contributed by atoms with Gasteiger partial charge in [0.15, 0.2) is 0 Å². The van der Waals surface area contributed by atoms with Crippen molar-refractivity contribution in [2.75, 3.05) is 14.2 Å². The summed E-state index contributed by atoms with van der Waals surface area (Å²) in [5.41, 5.74) is 1.70. The quantitative estimate of drug-likeness (QED) is 0.0689. The van der Waals surface area contributed by atoms with Crippen LogP contribution in [0.15, 0.2) is 158 Å². The third kappa shape index (κ3) is 11.8. The Kier molecular flexibility index (Phi) is 17.6. The monoisotopic (exact) mass is 1010 g/mol. The molecule has 0 aliphatic heterocycles. The molecule has 12 nitrogen and oxygen atoms in total. The van der Waals surface area contributed by atoms with E-state index in [1.165, 1.54) is 27.2 Å². The molecule has 0 spiro atoms. The molecule has 0 aliphatic carbocycles. The molecule has 376 valence electrons. The normalized spacial score (nSPS) is 11.4. The van der Waals surface area contributed by atoms with E-state index < -0.39 is 40.3 Å². The van der Waals surface area contributed by atoms with Gasteiger partial charge in [0.1, 0.15) is 51.2 Å². The zero-order valence-electron chi connectivity index (χ0n) is 42.6. The van der Waals surface area contributed by atoms with Crippen molar-refractivity contribution < 1.29 is 58.2 Å². The molecular formula is C58H64O12Si2. The van der Waals surface area contributed by atoms with Crippen LogP contribution in [0.2, 0.25) is 10.1 Å². The first-order chi connectivity index (χ1) is 33.9. The molecule has 0 fully saturated rings. The van der Waals surface area contributed by atoms with E-state index in [9.17, 15) is 19.5 Å². The number of aryl methyl sites for hydroxylation is 3. The van der Waals surface area contributed by atoms with Gasteiger partial charge < -0.3 is 43.9 Å². The molecule has 0 amide bonds. The highest BCUT2D eigenvalue weighted by Gasteiger charge is 2.54. The smallest absolute Gasteiger partial charge is 0.339 e. The van der Waals surface area contributed by atoms with Crippen LogP contribution in [0.1, 0.15) is 89.3 Å². The molecule has 72 heavy (non-hydrogen) atoms. The molecule has 5 N–H and O–H groups in total. The van der Waals surface area contributed by atoms with E-state index in [1.54, 1.807) is 19.1 Å². The lowest BCUT2D eigenvalue weighted by Gasteiger charge is -2.44. The summed E-state index contributed by atoms with van der Waals surface area (Å²) in [7, 11) is -3.19. The first-order valence-electron chi connectivity index (χ1n) is 23.1. The third-order valence-corrected chi connectivity index (χ3v) is 22.2. The third-order valence-electron chi connectivity index (χ3n) is 12.3. The minimum absolute atomic E-state index is 0.144. The Labute approximate surface area is 424 Å². The average Bonchev–Trinajstić information content (AvgIpc) is 3.32. The Balaban J connectivity index is 0.000000299. The lowest BCUT2D eigenvalue weighted by atomic mass is 10.1. The molecule has 0 atom stereocenters. The topological polar surface area (TPSA) is 189 Å². The second kappa shape index (κ2) is 22.9. The summed E-state index contributed by atoms with van der Waals surface area (Å²) in [5, 5.41) is 50.0. The van der Waals surface area contributed by atoms with Gasteiger partial charge in [0, 0.05) is 18.2 Å². The number of phenolic OH excluding ortho intramolecular Hbond substituents is 1. The van der Waals surface area contributed by atoms with Gasteiger partial charge in [0.25, 0.3) is 0 Å². The van der Waals surface area contributed by atoms with Gasteiger partial charge in [-0.1, -0.05) is 163 Å². The van der Waals surface area contributed by atoms with Gasteiger partial charge in [-0.25, -0.2) is 14.4 Å². The fourth-order valence-corrected chi connectivity index (χ4v) is 17.9. The molecule has 0 aliphatic rings. The van der Waals surface area contributed by atoms with Crippen LogP contribution in [0.25, 0.3) is 0 Å². The van der Waals surface area contributed by atoms with Crippen molar-refractivity contribution in [3.63, 3.8) is 0 Å². The number of carbonyl (C=O) groups is 3. The lowest BCUT2D eigenvalue weighted by molar-refractivity contribution is 0.0681. The summed E-state index contributed by atoms with van der Waals surface area (Å²) in [6.45, 7) is 18.3. The Morgan fingerprint density at radius 2 is 0.750 bits per heavy atom. The summed E-state index contributed by atoms with van der Waals surface area (Å²) in [5.74, 6) is -1.96. The molecule has 14 heteroatoms. The van der Waals surface area contributed by atoms with Gasteiger partial charge in [0.2, 0.25) is 0 Å². The Morgan fingerprint density at radius 1 is 0.417 bits per heavy atom. The second-order valence-corrected chi connectivity index (χ2v) is 27.7. The highest BCUT2D eigenvalue weighted by Crippen LogP contribution is 2.43. The zero-order valence-corrected chi connectivity index (χ0v) is 44.6. The number of hydrogen-bond acceptors (Lipinski definition) is 9. The summed E-state index contributed by atoms with van der Waals surface area (Å²) >= 11 is 0. The molecule has 0 heterocycles. The van der Waals surface area contributed by atoms with Gasteiger partial charge >= 0.3 is 34.5 Å². The standard InChI is InChI=1S/C40H44O4Si2.C10H12O4.C8H8O4/c1-30-28-31(43-45(39(2,3)4,32-20-12-8-13-21-32)33-22-14-9-15-23-33)29-36(37(30)38(41)42)44-46(40(5,6)7,34-24-16-10-17-25-34)35-26-18-11-19-27-35;1-6-4-7(13-2)5-8(14-3)9(6)10(11)12;1-4-2-5(9)3-6(10)7(4)8(11)12/h8-29H,1-7H3,(H,41,42);4-5H,1-3H3,(H,11,12);2-3,9-10H,1H3,(H,11,12). The molecule has 0 aromatic heterocycles. The number of rotatable bonds is 13. The van der Waals surface area contributed by atoms with Gasteiger partial charge in [-0.05, 0) is 86.5 Å². The van der Waals surface area contributed by atoms with Crippen LogP contribution in [0.3, 0.4) is 0 Å². The minimum atomic E-state index is -3.14. The minimum Gasteiger partial charge on any atom is -0.534 e. The van der Waals surface area contributed by atoms with E-state index in [4.69, 9.17) is 38.8 Å². The van der Waals surface area contributed by atoms with Crippen LogP contribution < -0.4 is 39.1 Å². The predicted molar refractivity (Wildman–Crippen MR) is 287 cm³/mol. The maximum Gasteiger partial charge on any atom is 0.339 e. The van der Waals surface area contributed by atoms with Crippen molar-refractivity contribution in [2.24, 2.45) is 0 Å². The fraction of sp³-hybridized carbons (Fsp3) is 0.224. The highest BCUT2D eigenvalue weighted by atomic mass is 28.4. The summed E-state index contributed by atoms with van der Waals surface area (Å²) < 4.78 is 24.7. The van der Waals surface area contributed by atoms with E-state index in [0.29, 0.717) is 39.7 Å². The molecule has 0 saturated heterocycles. The first kappa shape index (κ1) is 55.1. The Bertz CT molecular complexity index is 2880. The second-order valence-electron chi connectivity index (χ2n) is 19.2. The maximum atomic E-state index is 13.0. The molecule has 7 rings (SSSR count). The Hall–Kier alpha value is -7.82. The molecule has 7 aromatic carbocycles. The van der Waals surface area contributed by atoms with Crippen molar-refractivity contribution in [1.82, 2.24) is 0 Å². The number of ether oxygens (including phenoxy) is 2. The van der Waals surface area contributed by atoms with Crippen LogP contribution in [-0.4, -0.2) is 74.3 Å². The number of carboxylic acid groups (broad SMARTS) is 3. The first-order valence-corrected chi connectivity index (χ1v) is 26.9. The number of carboxylic acids is 3.